The van der Waals surface area contributed by atoms with Crippen LogP contribution in [0.2, 0.25) is 0 Å². The molecule has 2 rings (SSSR count). The van der Waals surface area contributed by atoms with Crippen molar-refractivity contribution in [1.82, 2.24) is 10.6 Å². The molecule has 110 valence electrons. The Bertz CT molecular complexity index is 454. The molecule has 0 bridgehead atoms. The molecule has 0 aliphatic carbocycles. The van der Waals surface area contributed by atoms with Crippen molar-refractivity contribution in [3.8, 4) is 5.75 Å². The van der Waals surface area contributed by atoms with Crippen molar-refractivity contribution in [3.63, 3.8) is 0 Å². The van der Waals surface area contributed by atoms with Gasteiger partial charge >= 0.3 is 0 Å². The predicted molar refractivity (Wildman–Crippen MR) is 80.3 cm³/mol. The van der Waals surface area contributed by atoms with Gasteiger partial charge in [0.1, 0.15) is 5.75 Å². The Morgan fingerprint density at radius 1 is 1.40 bits per heavy atom. The minimum atomic E-state index is 0.0105. The summed E-state index contributed by atoms with van der Waals surface area (Å²) in [7, 11) is 0. The molecule has 4 nitrogen and oxygen atoms in total. The minimum Gasteiger partial charge on any atom is -0.493 e. The summed E-state index contributed by atoms with van der Waals surface area (Å²) < 4.78 is 5.68. The summed E-state index contributed by atoms with van der Waals surface area (Å²) in [5.41, 5.74) is 1.64. The summed E-state index contributed by atoms with van der Waals surface area (Å²) in [6.45, 7) is 6.65. The number of carbonyl (C=O) groups is 1. The van der Waals surface area contributed by atoms with E-state index in [1.807, 2.05) is 25.1 Å². The van der Waals surface area contributed by atoms with Crippen molar-refractivity contribution in [2.45, 2.75) is 39.2 Å². The molecule has 0 aromatic heterocycles. The monoisotopic (exact) mass is 276 g/mol. The van der Waals surface area contributed by atoms with Gasteiger partial charge in [0.2, 0.25) is 0 Å². The standard InChI is InChI=1S/C16H24N2O2/c1-3-11-20-15-6-4-5-14(12(15)2)16(19)18-13-7-9-17-10-8-13/h4-6,13,17H,3,7-11H2,1-2H3,(H,18,19). The third-order valence-corrected chi connectivity index (χ3v) is 3.66. The SMILES string of the molecule is CCCOc1cccc(C(=O)NC2CCNCC2)c1C. The Kier molecular flexibility index (Phi) is 5.41. The molecule has 0 unspecified atom stereocenters. The van der Waals surface area contributed by atoms with Crippen LogP contribution < -0.4 is 15.4 Å². The number of rotatable bonds is 5. The summed E-state index contributed by atoms with van der Waals surface area (Å²) in [6, 6.07) is 5.95. The molecule has 1 aliphatic heterocycles. The number of nitrogens with one attached hydrogen (secondary N) is 2. The van der Waals surface area contributed by atoms with Gasteiger partial charge in [-0.2, -0.15) is 0 Å². The van der Waals surface area contributed by atoms with Gasteiger partial charge in [-0.05, 0) is 51.4 Å². The van der Waals surface area contributed by atoms with Crippen LogP contribution in [0.3, 0.4) is 0 Å². The zero-order valence-electron chi connectivity index (χ0n) is 12.4. The number of piperidine rings is 1. The maximum atomic E-state index is 12.4. The summed E-state index contributed by atoms with van der Waals surface area (Å²) in [5.74, 6) is 0.821. The third kappa shape index (κ3) is 3.73. The third-order valence-electron chi connectivity index (χ3n) is 3.66. The first-order valence-corrected chi connectivity index (χ1v) is 7.46. The molecule has 1 amide bonds. The fraction of sp³-hybridized carbons (Fsp3) is 0.562. The fourth-order valence-electron chi connectivity index (χ4n) is 2.46. The molecular formula is C16H24N2O2. The van der Waals surface area contributed by atoms with Crippen molar-refractivity contribution >= 4 is 5.91 Å². The summed E-state index contributed by atoms with van der Waals surface area (Å²) in [6.07, 6.45) is 2.96. The highest BCUT2D eigenvalue weighted by molar-refractivity contribution is 5.96. The van der Waals surface area contributed by atoms with Crippen LogP contribution in [0.1, 0.15) is 42.1 Å². The lowest BCUT2D eigenvalue weighted by Crippen LogP contribution is -2.42. The average molecular weight is 276 g/mol. The molecule has 1 saturated heterocycles. The Morgan fingerprint density at radius 3 is 2.85 bits per heavy atom. The molecule has 0 radical (unpaired) electrons. The van der Waals surface area contributed by atoms with Crippen LogP contribution in [0.25, 0.3) is 0 Å². The number of amides is 1. The lowest BCUT2D eigenvalue weighted by molar-refractivity contribution is 0.0928. The second-order valence-electron chi connectivity index (χ2n) is 5.27. The molecule has 1 aliphatic rings. The van der Waals surface area contributed by atoms with Crippen LogP contribution >= 0.6 is 0 Å². The minimum absolute atomic E-state index is 0.0105. The van der Waals surface area contributed by atoms with Gasteiger partial charge in [-0.15, -0.1) is 0 Å². The molecule has 1 fully saturated rings. The number of ether oxygens (including phenoxy) is 1. The quantitative estimate of drug-likeness (QED) is 0.867. The van der Waals surface area contributed by atoms with E-state index in [1.54, 1.807) is 0 Å². The van der Waals surface area contributed by atoms with Gasteiger partial charge in [-0.3, -0.25) is 4.79 Å². The van der Waals surface area contributed by atoms with Crippen LogP contribution in [0.4, 0.5) is 0 Å². The smallest absolute Gasteiger partial charge is 0.251 e. The van der Waals surface area contributed by atoms with Crippen LogP contribution in [-0.2, 0) is 0 Å². The Morgan fingerprint density at radius 2 is 2.15 bits per heavy atom. The van der Waals surface area contributed by atoms with Crippen molar-refractivity contribution in [2.24, 2.45) is 0 Å². The first-order chi connectivity index (χ1) is 9.72. The van der Waals surface area contributed by atoms with Crippen LogP contribution in [-0.4, -0.2) is 31.6 Å². The van der Waals surface area contributed by atoms with Crippen molar-refractivity contribution < 1.29 is 9.53 Å². The molecule has 20 heavy (non-hydrogen) atoms. The van der Waals surface area contributed by atoms with Gasteiger partial charge in [-0.25, -0.2) is 0 Å². The maximum Gasteiger partial charge on any atom is 0.251 e. The summed E-state index contributed by atoms with van der Waals surface area (Å²) in [5, 5.41) is 6.42. The van der Waals surface area contributed by atoms with E-state index in [1.165, 1.54) is 0 Å². The number of hydrogen-bond donors (Lipinski definition) is 2. The topological polar surface area (TPSA) is 50.4 Å². The van der Waals surface area contributed by atoms with Gasteiger partial charge in [0.05, 0.1) is 6.61 Å². The lowest BCUT2D eigenvalue weighted by atomic mass is 10.0. The van der Waals surface area contributed by atoms with E-state index in [2.05, 4.69) is 17.6 Å². The van der Waals surface area contributed by atoms with Crippen LogP contribution in [0, 0.1) is 6.92 Å². The maximum absolute atomic E-state index is 12.4. The zero-order valence-corrected chi connectivity index (χ0v) is 12.4. The summed E-state index contributed by atoms with van der Waals surface area (Å²) in [4.78, 5) is 12.4. The number of hydrogen-bond acceptors (Lipinski definition) is 3. The second-order valence-corrected chi connectivity index (χ2v) is 5.27. The largest absolute Gasteiger partial charge is 0.493 e. The molecule has 4 heteroatoms. The molecule has 1 aromatic carbocycles. The van der Waals surface area contributed by atoms with Gasteiger partial charge < -0.3 is 15.4 Å². The van der Waals surface area contributed by atoms with E-state index in [4.69, 9.17) is 4.74 Å². The normalized spacial score (nSPS) is 15.9. The van der Waals surface area contributed by atoms with E-state index in [0.29, 0.717) is 6.61 Å². The van der Waals surface area contributed by atoms with E-state index in [0.717, 1.165) is 49.2 Å². The molecule has 0 saturated carbocycles. The number of carbonyl (C=O) groups excluding carboxylic acids is 1. The second kappa shape index (κ2) is 7.29. The average Bonchev–Trinajstić information content (AvgIpc) is 2.47. The van der Waals surface area contributed by atoms with Crippen molar-refractivity contribution in [3.05, 3.63) is 29.3 Å². The van der Waals surface area contributed by atoms with E-state index in [-0.39, 0.29) is 11.9 Å². The van der Waals surface area contributed by atoms with Gasteiger partial charge in [-0.1, -0.05) is 13.0 Å². The lowest BCUT2D eigenvalue weighted by Gasteiger charge is -2.24. The van der Waals surface area contributed by atoms with Crippen LogP contribution in [0.5, 0.6) is 5.75 Å². The Balaban J connectivity index is 2.04. The molecule has 0 spiro atoms. The molecular weight excluding hydrogens is 252 g/mol. The highest BCUT2D eigenvalue weighted by Crippen LogP contribution is 2.22. The fourth-order valence-corrected chi connectivity index (χ4v) is 2.46. The van der Waals surface area contributed by atoms with Crippen molar-refractivity contribution in [1.29, 1.82) is 0 Å². The van der Waals surface area contributed by atoms with E-state index < -0.39 is 0 Å². The molecule has 1 heterocycles. The predicted octanol–water partition coefficient (Wildman–Crippen LogP) is 2.27. The molecule has 2 N–H and O–H groups in total. The first-order valence-electron chi connectivity index (χ1n) is 7.46. The number of benzene rings is 1. The van der Waals surface area contributed by atoms with E-state index in [9.17, 15) is 4.79 Å². The van der Waals surface area contributed by atoms with Crippen LogP contribution in [0.15, 0.2) is 18.2 Å². The van der Waals surface area contributed by atoms with E-state index >= 15 is 0 Å². The molecule has 0 atom stereocenters. The summed E-state index contributed by atoms with van der Waals surface area (Å²) >= 11 is 0. The first kappa shape index (κ1) is 14.9. The highest BCUT2D eigenvalue weighted by Gasteiger charge is 2.18. The zero-order chi connectivity index (χ0) is 14.4. The molecule has 1 aromatic rings. The van der Waals surface area contributed by atoms with Gasteiger partial charge in [0, 0.05) is 17.2 Å². The Labute approximate surface area is 120 Å². The van der Waals surface area contributed by atoms with Gasteiger partial charge in [0.15, 0.2) is 0 Å². The van der Waals surface area contributed by atoms with Crippen molar-refractivity contribution in [2.75, 3.05) is 19.7 Å². The van der Waals surface area contributed by atoms with Gasteiger partial charge in [0.25, 0.3) is 5.91 Å². The highest BCUT2D eigenvalue weighted by atomic mass is 16.5. The Hall–Kier alpha value is -1.55.